The van der Waals surface area contributed by atoms with E-state index in [1.807, 2.05) is 13.8 Å². The first kappa shape index (κ1) is 22.4. The lowest BCUT2D eigenvalue weighted by molar-refractivity contribution is -0.136. The van der Waals surface area contributed by atoms with Gasteiger partial charge < -0.3 is 4.90 Å². The summed E-state index contributed by atoms with van der Waals surface area (Å²) < 4.78 is 41.8. The Morgan fingerprint density at radius 1 is 1.29 bits per heavy atom. The van der Waals surface area contributed by atoms with Crippen molar-refractivity contribution in [3.05, 3.63) is 23.8 Å². The molecule has 2 atom stereocenters. The molecule has 2 rings (SSSR count). The van der Waals surface area contributed by atoms with Gasteiger partial charge in [-0.3, -0.25) is 4.79 Å². The van der Waals surface area contributed by atoms with Crippen molar-refractivity contribution in [2.75, 3.05) is 17.2 Å². The van der Waals surface area contributed by atoms with Gasteiger partial charge in [-0.1, -0.05) is 41.0 Å². The summed E-state index contributed by atoms with van der Waals surface area (Å²) in [4.78, 5) is 14.5. The number of hydrogen-bond donors (Lipinski definition) is 0. The molecule has 0 aromatic heterocycles. The van der Waals surface area contributed by atoms with Crippen LogP contribution in [-0.2, 0) is 20.3 Å². The van der Waals surface area contributed by atoms with Gasteiger partial charge in [0.1, 0.15) is 0 Å². The van der Waals surface area contributed by atoms with E-state index < -0.39 is 26.8 Å². The van der Waals surface area contributed by atoms with E-state index in [9.17, 15) is 13.2 Å². The maximum atomic E-state index is 16.2. The minimum atomic E-state index is -3.56. The first-order valence-corrected chi connectivity index (χ1v) is 11.3. The van der Waals surface area contributed by atoms with Crippen molar-refractivity contribution < 1.29 is 17.6 Å². The first-order valence-electron chi connectivity index (χ1n) is 9.68. The Bertz CT molecular complexity index is 921. The Morgan fingerprint density at radius 2 is 1.93 bits per heavy atom. The highest BCUT2D eigenvalue weighted by atomic mass is 32.2. The lowest BCUT2D eigenvalue weighted by Crippen LogP contribution is -2.46. The van der Waals surface area contributed by atoms with Crippen LogP contribution in [0.5, 0.6) is 0 Å². The van der Waals surface area contributed by atoms with E-state index >= 15 is 4.39 Å². The molecule has 28 heavy (non-hydrogen) atoms. The van der Waals surface area contributed by atoms with Crippen LogP contribution in [0.25, 0.3) is 0 Å². The van der Waals surface area contributed by atoms with Gasteiger partial charge in [0.25, 0.3) is 5.91 Å². The third-order valence-corrected chi connectivity index (χ3v) is 7.38. The third-order valence-electron chi connectivity index (χ3n) is 5.40. The van der Waals surface area contributed by atoms with Gasteiger partial charge in [0.05, 0.1) is 16.3 Å². The molecular formula is C22H30FNO3S. The number of fused-ring (bicyclic) bond motifs is 1. The number of benzene rings is 1. The number of nitrogens with zero attached hydrogens (tertiary/aromatic N) is 1. The number of carbonyl (C=O) groups excluding carboxylic acids is 1. The van der Waals surface area contributed by atoms with Crippen LogP contribution in [0.4, 0.5) is 10.1 Å². The van der Waals surface area contributed by atoms with Crippen LogP contribution < -0.4 is 4.90 Å². The van der Waals surface area contributed by atoms with E-state index in [1.54, 1.807) is 33.8 Å². The molecule has 0 aliphatic carbocycles. The Labute approximate surface area is 168 Å². The fraction of sp³-hybridized carbons (Fsp3) is 0.591. The summed E-state index contributed by atoms with van der Waals surface area (Å²) in [5.74, 6) is 5.02. The fourth-order valence-electron chi connectivity index (χ4n) is 3.46. The second kappa shape index (κ2) is 7.87. The van der Waals surface area contributed by atoms with Crippen LogP contribution in [0.2, 0.25) is 0 Å². The summed E-state index contributed by atoms with van der Waals surface area (Å²) in [5.41, 5.74) is -2.74. The lowest BCUT2D eigenvalue weighted by atomic mass is 9.74. The number of carbonyl (C=O) groups is 1. The smallest absolute Gasteiger partial charge is 0.270 e. The quantitative estimate of drug-likeness (QED) is 0.654. The normalized spacial score (nSPS) is 20.5. The van der Waals surface area contributed by atoms with Gasteiger partial charge in [-0.2, -0.15) is 0 Å². The molecule has 1 heterocycles. The topological polar surface area (TPSA) is 54.5 Å². The Hall–Kier alpha value is -1.87. The van der Waals surface area contributed by atoms with E-state index in [0.29, 0.717) is 12.1 Å². The van der Waals surface area contributed by atoms with Gasteiger partial charge in [-0.25, -0.2) is 12.8 Å². The van der Waals surface area contributed by atoms with E-state index in [2.05, 4.69) is 11.8 Å². The summed E-state index contributed by atoms with van der Waals surface area (Å²) in [7, 11) is -3.56. The second-order valence-electron chi connectivity index (χ2n) is 8.52. The molecule has 6 heteroatoms. The summed E-state index contributed by atoms with van der Waals surface area (Å²) in [5, 5.41) is 0. The van der Waals surface area contributed by atoms with E-state index in [4.69, 9.17) is 0 Å². The maximum absolute atomic E-state index is 16.2. The van der Waals surface area contributed by atoms with E-state index in [0.717, 1.165) is 6.42 Å². The van der Waals surface area contributed by atoms with Gasteiger partial charge in [0.2, 0.25) is 5.67 Å². The maximum Gasteiger partial charge on any atom is 0.270 e. The number of anilines is 1. The number of alkyl halides is 1. The van der Waals surface area contributed by atoms with Crippen molar-refractivity contribution in [1.29, 1.82) is 0 Å². The zero-order valence-corrected chi connectivity index (χ0v) is 18.4. The molecular weight excluding hydrogens is 377 g/mol. The Balaban J connectivity index is 2.60. The zero-order chi connectivity index (χ0) is 21.3. The van der Waals surface area contributed by atoms with Crippen LogP contribution in [0, 0.1) is 23.2 Å². The predicted octanol–water partition coefficient (Wildman–Crippen LogP) is 4.48. The van der Waals surface area contributed by atoms with Crippen molar-refractivity contribution in [2.45, 2.75) is 64.9 Å². The van der Waals surface area contributed by atoms with Crippen molar-refractivity contribution >= 4 is 21.4 Å². The van der Waals surface area contributed by atoms with Crippen LogP contribution in [0.1, 0.15) is 59.9 Å². The molecule has 2 unspecified atom stereocenters. The summed E-state index contributed by atoms with van der Waals surface area (Å²) in [6.07, 6.45) is 1.17. The minimum Gasteiger partial charge on any atom is -0.308 e. The van der Waals surface area contributed by atoms with Crippen molar-refractivity contribution in [3.8, 4) is 11.8 Å². The minimum absolute atomic E-state index is 0.000834. The number of halogens is 1. The molecule has 4 nitrogen and oxygen atoms in total. The average Bonchev–Trinajstić information content (AvgIpc) is 2.83. The molecule has 154 valence electrons. The Morgan fingerprint density at radius 3 is 2.46 bits per heavy atom. The van der Waals surface area contributed by atoms with Crippen LogP contribution in [0.3, 0.4) is 0 Å². The molecule has 0 N–H and O–H groups in total. The molecule has 0 bridgehead atoms. The molecule has 0 fully saturated rings. The van der Waals surface area contributed by atoms with E-state index in [-0.39, 0.29) is 28.7 Å². The van der Waals surface area contributed by atoms with Crippen LogP contribution in [-0.4, -0.2) is 26.6 Å². The van der Waals surface area contributed by atoms with Gasteiger partial charge in [0.15, 0.2) is 9.84 Å². The molecule has 1 aliphatic rings. The predicted molar refractivity (Wildman–Crippen MR) is 111 cm³/mol. The van der Waals surface area contributed by atoms with Gasteiger partial charge in [-0.15, -0.1) is 11.8 Å². The molecule has 0 radical (unpaired) electrons. The molecule has 1 amide bonds. The highest BCUT2D eigenvalue weighted by Crippen LogP contribution is 2.53. The molecule has 1 aromatic carbocycles. The highest BCUT2D eigenvalue weighted by molar-refractivity contribution is 7.91. The first-order chi connectivity index (χ1) is 12.9. The highest BCUT2D eigenvalue weighted by Gasteiger charge is 2.58. The largest absolute Gasteiger partial charge is 0.308 e. The molecule has 1 aliphatic heterocycles. The van der Waals surface area contributed by atoms with Gasteiger partial charge in [0, 0.05) is 23.9 Å². The molecule has 0 saturated carbocycles. The number of amides is 1. The van der Waals surface area contributed by atoms with Gasteiger partial charge in [-0.05, 0) is 31.0 Å². The molecule has 0 saturated heterocycles. The summed E-state index contributed by atoms with van der Waals surface area (Å²) in [6, 6.07) is 4.40. The monoisotopic (exact) mass is 407 g/mol. The third kappa shape index (κ3) is 3.82. The summed E-state index contributed by atoms with van der Waals surface area (Å²) >= 11 is 0. The second-order valence-corrected chi connectivity index (χ2v) is 10.6. The number of rotatable bonds is 6. The molecule has 0 spiro atoms. The fourth-order valence-corrected chi connectivity index (χ4v) is 5.21. The van der Waals surface area contributed by atoms with E-state index in [1.165, 1.54) is 17.0 Å². The standard InChI is InChI=1S/C22H30FNO3S/c1-7-9-10-13-24-19-12-11-17(28(26,27)15-16(3)8-2)14-18(19)22(23,20(24)25)21(4,5)6/h11-12,14,16H,8,10,13,15H2,1-6H3. The zero-order valence-electron chi connectivity index (χ0n) is 17.6. The van der Waals surface area contributed by atoms with Crippen molar-refractivity contribution in [2.24, 2.45) is 11.3 Å². The Kier molecular flexibility index (Phi) is 6.30. The van der Waals surface area contributed by atoms with Crippen LogP contribution >= 0.6 is 0 Å². The summed E-state index contributed by atoms with van der Waals surface area (Å²) in [6.45, 7) is 10.8. The van der Waals surface area contributed by atoms with Crippen molar-refractivity contribution in [3.63, 3.8) is 0 Å². The number of sulfone groups is 1. The number of hydrogen-bond acceptors (Lipinski definition) is 3. The van der Waals surface area contributed by atoms with Crippen LogP contribution in [0.15, 0.2) is 23.1 Å². The average molecular weight is 408 g/mol. The lowest BCUT2D eigenvalue weighted by Gasteiger charge is -2.33. The SMILES string of the molecule is CC#CCCN1C(=O)C(F)(C(C)(C)C)c2cc(S(=O)(=O)CC(C)CC)ccc21. The van der Waals surface area contributed by atoms with Crippen molar-refractivity contribution in [1.82, 2.24) is 0 Å². The van der Waals surface area contributed by atoms with Gasteiger partial charge >= 0.3 is 0 Å². The molecule has 1 aromatic rings.